The number of nitrogens with zero attached hydrogens (tertiary/aromatic N) is 1. The number of aryl methyl sites for hydroxylation is 1. The molecule has 1 aromatic carbocycles. The Hall–Kier alpha value is -1.00. The van der Waals surface area contributed by atoms with E-state index in [4.69, 9.17) is 5.73 Å². The molecule has 0 spiro atoms. The Labute approximate surface area is 108 Å². The molecule has 0 aliphatic heterocycles. The van der Waals surface area contributed by atoms with Crippen LogP contribution in [0.5, 0.6) is 0 Å². The summed E-state index contributed by atoms with van der Waals surface area (Å²) in [6.45, 7) is 8.33. The molecule has 1 unspecified atom stereocenters. The molecule has 0 saturated heterocycles. The van der Waals surface area contributed by atoms with Crippen LogP contribution in [-0.2, 0) is 0 Å². The van der Waals surface area contributed by atoms with Gasteiger partial charge in [-0.2, -0.15) is 0 Å². The van der Waals surface area contributed by atoms with Gasteiger partial charge in [-0.15, -0.1) is 0 Å². The number of hydrogen-bond donors (Lipinski definition) is 1. The summed E-state index contributed by atoms with van der Waals surface area (Å²) in [5.41, 5.74) is 6.37. The predicted molar refractivity (Wildman–Crippen MR) is 70.4 cm³/mol. The molecule has 18 heavy (non-hydrogen) atoms. The molecule has 0 fully saturated rings. The van der Waals surface area contributed by atoms with E-state index >= 15 is 0 Å². The zero-order valence-corrected chi connectivity index (χ0v) is 11.3. The maximum absolute atomic E-state index is 13.9. The molecule has 0 amide bonds. The average molecular weight is 256 g/mol. The van der Waals surface area contributed by atoms with E-state index in [9.17, 15) is 8.78 Å². The Balaban J connectivity index is 2.78. The first-order valence-corrected chi connectivity index (χ1v) is 6.43. The molecule has 2 N–H and O–H groups in total. The molecule has 1 rings (SSSR count). The van der Waals surface area contributed by atoms with E-state index in [2.05, 4.69) is 18.7 Å². The highest BCUT2D eigenvalue weighted by Crippen LogP contribution is 2.24. The molecular formula is C14H22F2N2. The SMILES string of the molecule is CCN(CC)CCC(N)c1c(F)ccc(C)c1F. The summed E-state index contributed by atoms with van der Waals surface area (Å²) in [5, 5.41) is 0. The van der Waals surface area contributed by atoms with Crippen LogP contribution in [0.15, 0.2) is 12.1 Å². The fraction of sp³-hybridized carbons (Fsp3) is 0.571. The highest BCUT2D eigenvalue weighted by molar-refractivity contribution is 5.29. The second-order valence-electron chi connectivity index (χ2n) is 4.51. The molecule has 4 heteroatoms. The number of rotatable bonds is 6. The first kappa shape index (κ1) is 15.1. The van der Waals surface area contributed by atoms with Crippen molar-refractivity contribution in [2.24, 2.45) is 5.73 Å². The summed E-state index contributed by atoms with van der Waals surface area (Å²) in [7, 11) is 0. The molecule has 0 radical (unpaired) electrons. The van der Waals surface area contributed by atoms with E-state index < -0.39 is 17.7 Å². The maximum atomic E-state index is 13.9. The minimum absolute atomic E-state index is 0.0159. The van der Waals surface area contributed by atoms with E-state index in [0.717, 1.165) is 19.6 Å². The zero-order chi connectivity index (χ0) is 13.7. The van der Waals surface area contributed by atoms with Gasteiger partial charge in [0, 0.05) is 11.6 Å². The van der Waals surface area contributed by atoms with Gasteiger partial charge in [0.15, 0.2) is 0 Å². The molecule has 0 bridgehead atoms. The minimum atomic E-state index is -0.592. The van der Waals surface area contributed by atoms with E-state index in [-0.39, 0.29) is 5.56 Å². The third-order valence-electron chi connectivity index (χ3n) is 3.34. The monoisotopic (exact) mass is 256 g/mol. The molecule has 1 aromatic rings. The van der Waals surface area contributed by atoms with Gasteiger partial charge in [0.25, 0.3) is 0 Å². The highest BCUT2D eigenvalue weighted by Gasteiger charge is 2.18. The van der Waals surface area contributed by atoms with Crippen molar-refractivity contribution in [3.63, 3.8) is 0 Å². The standard InChI is InChI=1S/C14H22F2N2/c1-4-18(5-2)9-8-12(17)13-11(15)7-6-10(3)14(13)16/h6-7,12H,4-5,8-9,17H2,1-3H3. The molecule has 102 valence electrons. The van der Waals surface area contributed by atoms with Crippen molar-refractivity contribution < 1.29 is 8.78 Å². The Kier molecular flexibility index (Phi) is 5.69. The van der Waals surface area contributed by atoms with Crippen molar-refractivity contribution in [2.45, 2.75) is 33.2 Å². The summed E-state index contributed by atoms with van der Waals surface area (Å²) in [6, 6.07) is 2.13. The van der Waals surface area contributed by atoms with Gasteiger partial charge in [-0.3, -0.25) is 0 Å². The summed E-state index contributed by atoms with van der Waals surface area (Å²) < 4.78 is 27.5. The second kappa shape index (κ2) is 6.81. The predicted octanol–water partition coefficient (Wildman–Crippen LogP) is 3.00. The van der Waals surface area contributed by atoms with Crippen LogP contribution in [0, 0.1) is 18.6 Å². The third kappa shape index (κ3) is 3.50. The van der Waals surface area contributed by atoms with Gasteiger partial charge in [-0.1, -0.05) is 19.9 Å². The van der Waals surface area contributed by atoms with E-state index in [1.54, 1.807) is 6.92 Å². The Morgan fingerprint density at radius 3 is 2.39 bits per heavy atom. The van der Waals surface area contributed by atoms with Gasteiger partial charge < -0.3 is 10.6 Å². The Bertz CT molecular complexity index is 390. The maximum Gasteiger partial charge on any atom is 0.133 e. The first-order valence-electron chi connectivity index (χ1n) is 6.43. The van der Waals surface area contributed by atoms with E-state index in [1.807, 2.05) is 0 Å². The fourth-order valence-corrected chi connectivity index (χ4v) is 2.02. The second-order valence-corrected chi connectivity index (χ2v) is 4.51. The van der Waals surface area contributed by atoms with Gasteiger partial charge in [-0.25, -0.2) is 8.78 Å². The summed E-state index contributed by atoms with van der Waals surface area (Å²) in [5.74, 6) is -1.06. The molecule has 0 aliphatic carbocycles. The largest absolute Gasteiger partial charge is 0.324 e. The molecule has 0 aliphatic rings. The summed E-state index contributed by atoms with van der Waals surface area (Å²) in [6.07, 6.45) is 0.555. The van der Waals surface area contributed by atoms with Crippen LogP contribution in [0.4, 0.5) is 8.78 Å². The lowest BCUT2D eigenvalue weighted by molar-refractivity contribution is 0.288. The Morgan fingerprint density at radius 2 is 1.83 bits per heavy atom. The van der Waals surface area contributed by atoms with Crippen molar-refractivity contribution in [1.29, 1.82) is 0 Å². The first-order chi connectivity index (χ1) is 8.51. The van der Waals surface area contributed by atoms with Crippen molar-refractivity contribution >= 4 is 0 Å². The lowest BCUT2D eigenvalue weighted by atomic mass is 10.0. The van der Waals surface area contributed by atoms with Gasteiger partial charge in [-0.05, 0) is 44.6 Å². The van der Waals surface area contributed by atoms with Gasteiger partial charge in [0.1, 0.15) is 11.6 Å². The summed E-state index contributed by atoms with van der Waals surface area (Å²) in [4.78, 5) is 2.19. The van der Waals surface area contributed by atoms with Gasteiger partial charge in [0.05, 0.1) is 0 Å². The lowest BCUT2D eigenvalue weighted by Crippen LogP contribution is -2.27. The highest BCUT2D eigenvalue weighted by atomic mass is 19.1. The van der Waals surface area contributed by atoms with Crippen LogP contribution in [0.1, 0.15) is 37.4 Å². The molecule has 0 saturated carbocycles. The summed E-state index contributed by atoms with van der Waals surface area (Å²) >= 11 is 0. The average Bonchev–Trinajstić information content (AvgIpc) is 2.35. The normalized spacial score (nSPS) is 13.1. The third-order valence-corrected chi connectivity index (χ3v) is 3.34. The van der Waals surface area contributed by atoms with Crippen LogP contribution in [-0.4, -0.2) is 24.5 Å². The topological polar surface area (TPSA) is 29.3 Å². The molecular weight excluding hydrogens is 234 g/mol. The molecule has 2 nitrogen and oxygen atoms in total. The Morgan fingerprint density at radius 1 is 1.22 bits per heavy atom. The zero-order valence-electron chi connectivity index (χ0n) is 11.3. The van der Waals surface area contributed by atoms with Crippen LogP contribution in [0.25, 0.3) is 0 Å². The number of hydrogen-bond acceptors (Lipinski definition) is 2. The fourth-order valence-electron chi connectivity index (χ4n) is 2.02. The smallest absolute Gasteiger partial charge is 0.133 e. The van der Waals surface area contributed by atoms with Gasteiger partial charge in [0.2, 0.25) is 0 Å². The van der Waals surface area contributed by atoms with Crippen molar-refractivity contribution in [2.75, 3.05) is 19.6 Å². The van der Waals surface area contributed by atoms with Crippen LogP contribution >= 0.6 is 0 Å². The lowest BCUT2D eigenvalue weighted by Gasteiger charge is -2.21. The molecule has 0 aromatic heterocycles. The van der Waals surface area contributed by atoms with Crippen molar-refractivity contribution in [3.05, 3.63) is 34.9 Å². The number of nitrogens with two attached hydrogens (primary N) is 1. The number of benzene rings is 1. The van der Waals surface area contributed by atoms with Crippen LogP contribution < -0.4 is 5.73 Å². The van der Waals surface area contributed by atoms with E-state index in [1.165, 1.54) is 12.1 Å². The van der Waals surface area contributed by atoms with Crippen molar-refractivity contribution in [1.82, 2.24) is 4.90 Å². The van der Waals surface area contributed by atoms with Crippen LogP contribution in [0.3, 0.4) is 0 Å². The van der Waals surface area contributed by atoms with E-state index in [0.29, 0.717) is 12.0 Å². The van der Waals surface area contributed by atoms with Crippen LogP contribution in [0.2, 0.25) is 0 Å². The molecule has 1 atom stereocenters. The quantitative estimate of drug-likeness (QED) is 0.847. The van der Waals surface area contributed by atoms with Crippen molar-refractivity contribution in [3.8, 4) is 0 Å². The van der Waals surface area contributed by atoms with Gasteiger partial charge >= 0.3 is 0 Å². The minimum Gasteiger partial charge on any atom is -0.324 e. The number of halogens is 2. The molecule has 0 heterocycles.